The molecule has 34 heavy (non-hydrogen) atoms. The van der Waals surface area contributed by atoms with Gasteiger partial charge in [-0.3, -0.25) is 9.59 Å². The van der Waals surface area contributed by atoms with Crippen LogP contribution in [0.2, 0.25) is 0 Å². The number of rotatable bonds is 3. The van der Waals surface area contributed by atoms with Gasteiger partial charge in [0.05, 0.1) is 29.8 Å². The molecule has 4 aliphatic carbocycles. The van der Waals surface area contributed by atoms with Crippen LogP contribution in [0.25, 0.3) is 0 Å². The summed E-state index contributed by atoms with van der Waals surface area (Å²) in [6.07, 6.45) is -0.567. The number of aliphatic hydroxyl groups excluding tert-OH is 2. The zero-order valence-corrected chi connectivity index (χ0v) is 20.8. The Labute approximate surface area is 201 Å². The van der Waals surface area contributed by atoms with Gasteiger partial charge in [-0.1, -0.05) is 20.4 Å². The summed E-state index contributed by atoms with van der Waals surface area (Å²) in [6, 6.07) is 0. The first-order valence-corrected chi connectivity index (χ1v) is 12.5. The SMILES string of the molecule is C=C1[C@H]2[C@H](O)C[C@@H]3[C@@]4(C)CC[C@@H](OC(C)=O)[C@](C)(COC(C)=O)[C@@H]4C[C@@H]4O[C@@H](C)O[C@@H]2[C@@]43[C@H]1O. The maximum atomic E-state index is 12.0. The van der Waals surface area contributed by atoms with Crippen LogP contribution in [0.5, 0.6) is 0 Å². The summed E-state index contributed by atoms with van der Waals surface area (Å²) >= 11 is 0. The first-order valence-electron chi connectivity index (χ1n) is 12.5. The molecule has 12 atom stereocenters. The predicted octanol–water partition coefficient (Wildman–Crippen LogP) is 2.35. The summed E-state index contributed by atoms with van der Waals surface area (Å²) in [7, 11) is 0. The Kier molecular flexibility index (Phi) is 5.53. The second-order valence-electron chi connectivity index (χ2n) is 11.8. The Morgan fingerprint density at radius 2 is 1.82 bits per heavy atom. The maximum Gasteiger partial charge on any atom is 0.302 e. The van der Waals surface area contributed by atoms with Gasteiger partial charge in [-0.2, -0.15) is 0 Å². The molecule has 190 valence electrons. The maximum absolute atomic E-state index is 12.0. The van der Waals surface area contributed by atoms with Crippen molar-refractivity contribution >= 4 is 11.9 Å². The number of carbonyl (C=O) groups is 2. The summed E-state index contributed by atoms with van der Waals surface area (Å²) in [5.41, 5.74) is -1.02. The Morgan fingerprint density at radius 3 is 2.47 bits per heavy atom. The third kappa shape index (κ3) is 2.98. The van der Waals surface area contributed by atoms with E-state index >= 15 is 0 Å². The fourth-order valence-electron chi connectivity index (χ4n) is 9.01. The van der Waals surface area contributed by atoms with E-state index in [-0.39, 0.29) is 53.9 Å². The summed E-state index contributed by atoms with van der Waals surface area (Å²) in [5.74, 6) is -1.18. The molecule has 0 unspecified atom stereocenters. The third-order valence-electron chi connectivity index (χ3n) is 10.2. The summed E-state index contributed by atoms with van der Waals surface area (Å²) in [4.78, 5) is 23.8. The number of carbonyl (C=O) groups excluding carboxylic acids is 2. The molecule has 1 saturated heterocycles. The minimum atomic E-state index is -0.828. The molecule has 5 rings (SSSR count). The summed E-state index contributed by atoms with van der Waals surface area (Å²) < 4.78 is 24.1. The number of ether oxygens (including phenoxy) is 4. The average Bonchev–Trinajstić information content (AvgIpc) is 2.91. The second-order valence-corrected chi connectivity index (χ2v) is 11.8. The highest BCUT2D eigenvalue weighted by molar-refractivity contribution is 5.66. The molecule has 0 aromatic carbocycles. The average molecular weight is 479 g/mol. The number of fused-ring (bicyclic) bond motifs is 2. The van der Waals surface area contributed by atoms with Crippen molar-refractivity contribution in [2.45, 2.75) is 97.1 Å². The van der Waals surface area contributed by atoms with Crippen molar-refractivity contribution in [3.63, 3.8) is 0 Å². The van der Waals surface area contributed by atoms with Gasteiger partial charge in [0.25, 0.3) is 0 Å². The topological polar surface area (TPSA) is 112 Å². The molecule has 1 aliphatic heterocycles. The van der Waals surface area contributed by atoms with E-state index in [0.717, 1.165) is 6.42 Å². The van der Waals surface area contributed by atoms with Crippen LogP contribution in [-0.4, -0.2) is 65.6 Å². The van der Waals surface area contributed by atoms with Gasteiger partial charge in [0.1, 0.15) is 12.7 Å². The molecule has 0 aromatic rings. The molecule has 0 radical (unpaired) electrons. The zero-order chi connectivity index (χ0) is 24.8. The van der Waals surface area contributed by atoms with E-state index in [2.05, 4.69) is 13.5 Å². The highest BCUT2D eigenvalue weighted by Crippen LogP contribution is 2.74. The Hall–Kier alpha value is -1.48. The van der Waals surface area contributed by atoms with E-state index in [9.17, 15) is 19.8 Å². The van der Waals surface area contributed by atoms with Gasteiger partial charge in [0.2, 0.25) is 0 Å². The van der Waals surface area contributed by atoms with Crippen molar-refractivity contribution in [1.82, 2.24) is 0 Å². The van der Waals surface area contributed by atoms with Crippen LogP contribution < -0.4 is 0 Å². The lowest BCUT2D eigenvalue weighted by Crippen LogP contribution is -2.73. The van der Waals surface area contributed by atoms with E-state index in [1.54, 1.807) is 0 Å². The van der Waals surface area contributed by atoms with Crippen LogP contribution in [0.4, 0.5) is 0 Å². The number of esters is 2. The summed E-state index contributed by atoms with van der Waals surface area (Å²) in [6.45, 7) is 13.2. The zero-order valence-electron chi connectivity index (χ0n) is 20.8. The quantitative estimate of drug-likeness (QED) is 0.470. The van der Waals surface area contributed by atoms with E-state index in [4.69, 9.17) is 18.9 Å². The van der Waals surface area contributed by atoms with Crippen molar-refractivity contribution in [2.24, 2.45) is 34.0 Å². The third-order valence-corrected chi connectivity index (χ3v) is 10.2. The van der Waals surface area contributed by atoms with Gasteiger partial charge < -0.3 is 29.2 Å². The molecule has 0 aromatic heterocycles. The minimum absolute atomic E-state index is 0.0335. The minimum Gasteiger partial charge on any atom is -0.465 e. The van der Waals surface area contributed by atoms with Crippen LogP contribution in [0.3, 0.4) is 0 Å². The van der Waals surface area contributed by atoms with Crippen molar-refractivity contribution in [3.05, 3.63) is 12.2 Å². The van der Waals surface area contributed by atoms with E-state index in [1.807, 2.05) is 13.8 Å². The Bertz CT molecular complexity index is 903. The van der Waals surface area contributed by atoms with Gasteiger partial charge in [-0.25, -0.2) is 0 Å². The molecule has 4 saturated carbocycles. The van der Waals surface area contributed by atoms with Crippen molar-refractivity contribution in [3.8, 4) is 0 Å². The molecule has 8 heteroatoms. The monoisotopic (exact) mass is 478 g/mol. The van der Waals surface area contributed by atoms with E-state index in [1.165, 1.54) is 13.8 Å². The number of aliphatic hydroxyl groups is 2. The van der Waals surface area contributed by atoms with Crippen molar-refractivity contribution in [2.75, 3.05) is 6.61 Å². The Balaban J connectivity index is 1.63. The smallest absolute Gasteiger partial charge is 0.302 e. The summed E-state index contributed by atoms with van der Waals surface area (Å²) in [5, 5.41) is 22.9. The molecule has 1 spiro atoms. The van der Waals surface area contributed by atoms with Crippen LogP contribution in [-0.2, 0) is 28.5 Å². The molecule has 5 fully saturated rings. The van der Waals surface area contributed by atoms with Gasteiger partial charge in [-0.15, -0.1) is 0 Å². The largest absolute Gasteiger partial charge is 0.465 e. The van der Waals surface area contributed by atoms with Gasteiger partial charge in [-0.05, 0) is 55.4 Å². The predicted molar refractivity (Wildman–Crippen MR) is 120 cm³/mol. The lowest BCUT2D eigenvalue weighted by atomic mass is 9.38. The number of hydrogen-bond acceptors (Lipinski definition) is 8. The normalized spacial score (nSPS) is 53.5. The first-order chi connectivity index (χ1) is 15.9. The number of hydrogen-bond donors (Lipinski definition) is 2. The van der Waals surface area contributed by atoms with E-state index < -0.39 is 35.4 Å². The molecule has 8 nitrogen and oxygen atoms in total. The lowest BCUT2D eigenvalue weighted by molar-refractivity contribution is -0.371. The van der Waals surface area contributed by atoms with Crippen molar-refractivity contribution in [1.29, 1.82) is 0 Å². The highest BCUT2D eigenvalue weighted by atomic mass is 16.7. The van der Waals surface area contributed by atoms with Crippen LogP contribution in [0.15, 0.2) is 12.2 Å². The molecule has 2 N–H and O–H groups in total. The highest BCUT2D eigenvalue weighted by Gasteiger charge is 2.78. The van der Waals surface area contributed by atoms with Crippen molar-refractivity contribution < 1.29 is 38.7 Å². The molecule has 1 heterocycles. The van der Waals surface area contributed by atoms with Crippen LogP contribution in [0, 0.1) is 34.0 Å². The molecule has 5 aliphatic rings. The molecular weight excluding hydrogens is 440 g/mol. The Morgan fingerprint density at radius 1 is 1.12 bits per heavy atom. The first kappa shape index (κ1) is 24.2. The van der Waals surface area contributed by atoms with Crippen LogP contribution >= 0.6 is 0 Å². The van der Waals surface area contributed by atoms with Gasteiger partial charge in [0.15, 0.2) is 6.29 Å². The lowest BCUT2D eigenvalue weighted by Gasteiger charge is -2.70. The fraction of sp³-hybridized carbons (Fsp3) is 0.846. The van der Waals surface area contributed by atoms with Gasteiger partial charge in [0, 0.05) is 25.2 Å². The fourth-order valence-corrected chi connectivity index (χ4v) is 9.01. The molecular formula is C26H38O8. The van der Waals surface area contributed by atoms with Crippen LogP contribution in [0.1, 0.15) is 60.3 Å². The molecule has 2 bridgehead atoms. The second kappa shape index (κ2) is 7.76. The standard InChI is InChI=1S/C26H38O8/c1-12-21-16(29)9-18-24(5)8-7-19(32-14(3)28)25(6,11-31-13(2)27)17(24)10-20-26(18,22(12)30)23(21)34-15(4)33-20/h15-23,29-30H,1,7-11H2,2-6H3/t15-,16-,17-,18-,19-,20+,21+,22+,23+,24+,25-,26-/m1/s1. The van der Waals surface area contributed by atoms with Gasteiger partial charge >= 0.3 is 11.9 Å². The van der Waals surface area contributed by atoms with E-state index in [0.29, 0.717) is 24.8 Å². The molecule has 0 amide bonds.